The van der Waals surface area contributed by atoms with E-state index in [0.29, 0.717) is 16.9 Å². The highest BCUT2D eigenvalue weighted by molar-refractivity contribution is 7.98. The lowest BCUT2D eigenvalue weighted by molar-refractivity contribution is 1.32. The summed E-state index contributed by atoms with van der Waals surface area (Å²) in [6, 6.07) is 19.6. The summed E-state index contributed by atoms with van der Waals surface area (Å²) in [6.07, 6.45) is 0. The number of rotatable bonds is 3. The van der Waals surface area contributed by atoms with Crippen LogP contribution in [-0.4, -0.2) is 0 Å². The van der Waals surface area contributed by atoms with Gasteiger partial charge in [0.05, 0.1) is 11.1 Å². The third-order valence-corrected chi connectivity index (χ3v) is 3.58. The van der Waals surface area contributed by atoms with E-state index in [-0.39, 0.29) is 0 Å². The van der Waals surface area contributed by atoms with Crippen LogP contribution in [0.3, 0.4) is 0 Å². The molecular formula is C15H10N2S. The molecule has 86 valence electrons. The van der Waals surface area contributed by atoms with E-state index < -0.39 is 0 Å². The summed E-state index contributed by atoms with van der Waals surface area (Å²) in [7, 11) is 0. The van der Waals surface area contributed by atoms with Crippen LogP contribution in [-0.2, 0) is 5.75 Å². The Labute approximate surface area is 110 Å². The molecule has 0 aromatic heterocycles. The fourth-order valence-corrected chi connectivity index (χ4v) is 2.54. The molecule has 0 bridgehead atoms. The maximum absolute atomic E-state index is 9.12. The minimum absolute atomic E-state index is 0.448. The highest BCUT2D eigenvalue weighted by Gasteiger charge is 2.07. The first-order valence-corrected chi connectivity index (χ1v) is 6.43. The van der Waals surface area contributed by atoms with Crippen molar-refractivity contribution in [1.29, 1.82) is 10.5 Å². The molecule has 0 aliphatic heterocycles. The molecule has 0 atom stereocenters. The van der Waals surface area contributed by atoms with Gasteiger partial charge in [-0.3, -0.25) is 0 Å². The zero-order valence-corrected chi connectivity index (χ0v) is 10.4. The number of hydrogen-bond acceptors (Lipinski definition) is 3. The lowest BCUT2D eigenvalue weighted by Crippen LogP contribution is -1.91. The van der Waals surface area contributed by atoms with Crippen LogP contribution in [0.5, 0.6) is 0 Å². The minimum Gasteiger partial charge on any atom is -0.192 e. The highest BCUT2D eigenvalue weighted by Crippen LogP contribution is 2.25. The van der Waals surface area contributed by atoms with E-state index in [1.807, 2.05) is 42.5 Å². The van der Waals surface area contributed by atoms with Gasteiger partial charge in [0.2, 0.25) is 0 Å². The number of thioether (sulfide) groups is 1. The van der Waals surface area contributed by atoms with Gasteiger partial charge in [-0.1, -0.05) is 30.3 Å². The van der Waals surface area contributed by atoms with Gasteiger partial charge in [-0.05, 0) is 23.8 Å². The van der Waals surface area contributed by atoms with Crippen molar-refractivity contribution in [3.05, 3.63) is 65.2 Å². The van der Waals surface area contributed by atoms with E-state index in [4.69, 9.17) is 10.5 Å². The molecule has 0 saturated heterocycles. The van der Waals surface area contributed by atoms with Gasteiger partial charge < -0.3 is 0 Å². The largest absolute Gasteiger partial charge is 0.192 e. The van der Waals surface area contributed by atoms with Crippen molar-refractivity contribution >= 4 is 11.8 Å². The molecule has 2 nitrogen and oxygen atoms in total. The molecule has 2 rings (SSSR count). The zero-order valence-electron chi connectivity index (χ0n) is 9.63. The summed E-state index contributed by atoms with van der Waals surface area (Å²) in [5, 5.41) is 18.1. The van der Waals surface area contributed by atoms with Crippen molar-refractivity contribution < 1.29 is 0 Å². The van der Waals surface area contributed by atoms with Gasteiger partial charge in [-0.25, -0.2) is 0 Å². The molecule has 0 aliphatic carbocycles. The van der Waals surface area contributed by atoms with Gasteiger partial charge in [-0.15, -0.1) is 11.8 Å². The molecule has 18 heavy (non-hydrogen) atoms. The number of benzene rings is 2. The van der Waals surface area contributed by atoms with Crippen molar-refractivity contribution in [2.45, 2.75) is 10.6 Å². The van der Waals surface area contributed by atoms with Crippen LogP contribution < -0.4 is 0 Å². The average Bonchev–Trinajstić information content (AvgIpc) is 2.45. The molecule has 2 aromatic rings. The topological polar surface area (TPSA) is 47.6 Å². The lowest BCUT2D eigenvalue weighted by Gasteiger charge is -2.05. The zero-order chi connectivity index (χ0) is 12.8. The molecule has 2 aromatic carbocycles. The van der Waals surface area contributed by atoms with Crippen LogP contribution in [0.25, 0.3) is 0 Å². The van der Waals surface area contributed by atoms with E-state index in [2.05, 4.69) is 12.1 Å². The molecule has 3 heteroatoms. The van der Waals surface area contributed by atoms with E-state index in [9.17, 15) is 0 Å². The quantitative estimate of drug-likeness (QED) is 0.780. The normalized spacial score (nSPS) is 9.44. The molecule has 0 radical (unpaired) electrons. The summed E-state index contributed by atoms with van der Waals surface area (Å²) in [5.41, 5.74) is 1.84. The molecule has 0 spiro atoms. The Kier molecular flexibility index (Phi) is 4.02. The fraction of sp³-hybridized carbons (Fsp3) is 0.0667. The van der Waals surface area contributed by atoms with Crippen LogP contribution in [0.2, 0.25) is 0 Å². The van der Waals surface area contributed by atoms with Gasteiger partial charge in [0, 0.05) is 10.6 Å². The summed E-state index contributed by atoms with van der Waals surface area (Å²) in [4.78, 5) is 1.16. The maximum atomic E-state index is 9.12. The van der Waals surface area contributed by atoms with Crippen LogP contribution >= 0.6 is 11.8 Å². The Morgan fingerprint density at radius 1 is 0.889 bits per heavy atom. The summed E-state index contributed by atoms with van der Waals surface area (Å²) < 4.78 is 0. The number of nitrogens with zero attached hydrogens (tertiary/aromatic N) is 2. The summed E-state index contributed by atoms with van der Waals surface area (Å²) in [5.74, 6) is 0.697. The molecule has 0 amide bonds. The molecule has 0 heterocycles. The maximum Gasteiger partial charge on any atom is 0.101 e. The predicted octanol–water partition coefficient (Wildman–Crippen LogP) is 3.72. The molecule has 0 aliphatic rings. The molecule has 0 saturated carbocycles. The average molecular weight is 250 g/mol. The van der Waals surface area contributed by atoms with Gasteiger partial charge >= 0.3 is 0 Å². The highest BCUT2D eigenvalue weighted by atomic mass is 32.2. The van der Waals surface area contributed by atoms with Gasteiger partial charge in [0.15, 0.2) is 0 Å². The fourth-order valence-electron chi connectivity index (χ4n) is 1.62. The Morgan fingerprint density at radius 2 is 1.67 bits per heavy atom. The van der Waals surface area contributed by atoms with Gasteiger partial charge in [0.1, 0.15) is 12.1 Å². The minimum atomic E-state index is 0.448. The van der Waals surface area contributed by atoms with Crippen molar-refractivity contribution in [1.82, 2.24) is 0 Å². The number of hydrogen-bond donors (Lipinski definition) is 0. The van der Waals surface area contributed by atoms with Crippen LogP contribution in [0.15, 0.2) is 53.4 Å². The monoisotopic (exact) mass is 250 g/mol. The first-order chi connectivity index (χ1) is 8.85. The van der Waals surface area contributed by atoms with Crippen LogP contribution in [0.1, 0.15) is 16.7 Å². The standard InChI is InChI=1S/C15H10N2S/c16-9-12-5-4-6-13(15(12)10-17)11-18-14-7-2-1-3-8-14/h1-8H,11H2. The molecular weight excluding hydrogens is 240 g/mol. The molecule has 0 fully saturated rings. The van der Waals surface area contributed by atoms with Gasteiger partial charge in [0.25, 0.3) is 0 Å². The first kappa shape index (κ1) is 12.2. The van der Waals surface area contributed by atoms with Crippen molar-refractivity contribution in [2.24, 2.45) is 0 Å². The second-order valence-corrected chi connectivity index (χ2v) is 4.71. The lowest BCUT2D eigenvalue weighted by atomic mass is 10.0. The van der Waals surface area contributed by atoms with E-state index in [1.165, 1.54) is 0 Å². The third-order valence-electron chi connectivity index (χ3n) is 2.52. The van der Waals surface area contributed by atoms with Crippen molar-refractivity contribution in [3.8, 4) is 12.1 Å². The van der Waals surface area contributed by atoms with Crippen molar-refractivity contribution in [3.63, 3.8) is 0 Å². The Balaban J connectivity index is 2.21. The third kappa shape index (κ3) is 2.71. The second-order valence-electron chi connectivity index (χ2n) is 3.67. The predicted molar refractivity (Wildman–Crippen MR) is 71.9 cm³/mol. The molecule has 0 unspecified atom stereocenters. The number of nitriles is 2. The van der Waals surface area contributed by atoms with Gasteiger partial charge in [-0.2, -0.15) is 10.5 Å². The first-order valence-electron chi connectivity index (χ1n) is 5.45. The van der Waals surface area contributed by atoms with Crippen LogP contribution in [0.4, 0.5) is 0 Å². The SMILES string of the molecule is N#Cc1cccc(CSc2ccccc2)c1C#N. The Hall–Kier alpha value is -2.23. The Bertz CT molecular complexity index is 621. The molecule has 0 N–H and O–H groups in total. The van der Waals surface area contributed by atoms with E-state index in [0.717, 1.165) is 10.5 Å². The van der Waals surface area contributed by atoms with E-state index >= 15 is 0 Å². The van der Waals surface area contributed by atoms with Crippen LogP contribution in [0, 0.1) is 22.7 Å². The smallest absolute Gasteiger partial charge is 0.101 e. The Morgan fingerprint density at radius 3 is 2.33 bits per heavy atom. The van der Waals surface area contributed by atoms with E-state index in [1.54, 1.807) is 17.8 Å². The second kappa shape index (κ2) is 5.91. The summed E-state index contributed by atoms with van der Waals surface area (Å²) >= 11 is 1.66. The van der Waals surface area contributed by atoms with Crippen molar-refractivity contribution in [2.75, 3.05) is 0 Å². The summed E-state index contributed by atoms with van der Waals surface area (Å²) in [6.45, 7) is 0.